The van der Waals surface area contributed by atoms with E-state index in [1.165, 1.54) is 5.82 Å². The molecule has 3 heteroatoms. The van der Waals surface area contributed by atoms with Crippen molar-refractivity contribution < 1.29 is 0 Å². The van der Waals surface area contributed by atoms with Gasteiger partial charge < -0.3 is 4.90 Å². The third-order valence-electron chi connectivity index (χ3n) is 1.80. The predicted octanol–water partition coefficient (Wildman–Crippen LogP) is 2.08. The van der Waals surface area contributed by atoms with Gasteiger partial charge in [0.2, 0.25) is 0 Å². The maximum Gasteiger partial charge on any atom is 0.105 e. The van der Waals surface area contributed by atoms with Crippen LogP contribution in [-0.2, 0) is 0 Å². The van der Waals surface area contributed by atoms with Gasteiger partial charge in [0.15, 0.2) is 0 Å². The first-order valence-electron chi connectivity index (χ1n) is 3.98. The van der Waals surface area contributed by atoms with Gasteiger partial charge in [-0.05, 0) is 5.92 Å². The van der Waals surface area contributed by atoms with Crippen molar-refractivity contribution in [2.24, 2.45) is 5.92 Å². The summed E-state index contributed by atoms with van der Waals surface area (Å²) in [4.78, 5) is 2.34. The van der Waals surface area contributed by atoms with E-state index in [-0.39, 0.29) is 0 Å². The van der Waals surface area contributed by atoms with Crippen molar-refractivity contribution in [3.8, 4) is 0 Å². The Bertz CT molecular complexity index is 156. The number of rotatable bonds is 2. The molecule has 0 aromatic rings. The summed E-state index contributed by atoms with van der Waals surface area (Å²) in [7, 11) is 0. The molecule has 2 nitrogen and oxygen atoms in total. The highest BCUT2D eigenvalue weighted by Crippen LogP contribution is 2.21. The lowest BCUT2D eigenvalue weighted by Gasteiger charge is -2.21. The zero-order valence-corrected chi connectivity index (χ0v) is 9.34. The molecule has 1 rings (SSSR count). The fourth-order valence-corrected chi connectivity index (χ4v) is 1.78. The molecule has 0 N–H and O–H groups in total. The second kappa shape index (κ2) is 3.65. The third-order valence-corrected chi connectivity index (χ3v) is 2.84. The fraction of sp³-hybridized carbons (Fsp3) is 0.750. The summed E-state index contributed by atoms with van der Waals surface area (Å²) in [6, 6.07) is 0. The van der Waals surface area contributed by atoms with Crippen LogP contribution in [0.4, 0.5) is 0 Å². The Hall–Kier alpha value is 0.0700. The van der Waals surface area contributed by atoms with Crippen molar-refractivity contribution in [1.82, 2.24) is 8.01 Å². The van der Waals surface area contributed by atoms with Crippen LogP contribution in [-0.4, -0.2) is 27.6 Å². The lowest BCUT2D eigenvalue weighted by molar-refractivity contribution is 0.340. The summed E-state index contributed by atoms with van der Waals surface area (Å²) < 4.78 is 2.18. The molecular weight excluding hydrogens is 251 g/mol. The second-order valence-corrected chi connectivity index (χ2v) is 4.51. The van der Waals surface area contributed by atoms with E-state index in [0.29, 0.717) is 0 Å². The molecule has 0 bridgehead atoms. The standard InChI is InChI=1S/C8H15IN2/c1-7(2)6-10-4-5-11(9)8(10)3/h7H,3-6H2,1-2H3. The van der Waals surface area contributed by atoms with E-state index in [4.69, 9.17) is 0 Å². The zero-order chi connectivity index (χ0) is 8.43. The molecule has 0 amide bonds. The number of halogens is 1. The van der Waals surface area contributed by atoms with Gasteiger partial charge in [-0.25, -0.2) is 0 Å². The Morgan fingerprint density at radius 2 is 2.18 bits per heavy atom. The Morgan fingerprint density at radius 1 is 1.55 bits per heavy atom. The van der Waals surface area contributed by atoms with Crippen molar-refractivity contribution in [3.05, 3.63) is 12.4 Å². The lowest BCUT2D eigenvalue weighted by atomic mass is 10.2. The molecule has 1 saturated heterocycles. The van der Waals surface area contributed by atoms with Crippen molar-refractivity contribution in [3.63, 3.8) is 0 Å². The van der Waals surface area contributed by atoms with E-state index in [1.807, 2.05) is 0 Å². The molecular formula is C8H15IN2. The summed E-state index contributed by atoms with van der Waals surface area (Å²) in [5.74, 6) is 1.90. The van der Waals surface area contributed by atoms with E-state index < -0.39 is 0 Å². The first-order chi connectivity index (χ1) is 5.11. The molecule has 0 radical (unpaired) electrons. The predicted molar refractivity (Wildman–Crippen MR) is 56.3 cm³/mol. The fourth-order valence-electron chi connectivity index (χ4n) is 1.26. The highest BCUT2D eigenvalue weighted by Gasteiger charge is 2.20. The Labute approximate surface area is 82.7 Å². The van der Waals surface area contributed by atoms with Crippen LogP contribution in [0.15, 0.2) is 12.4 Å². The zero-order valence-electron chi connectivity index (χ0n) is 7.18. The third kappa shape index (κ3) is 2.25. The van der Waals surface area contributed by atoms with Crippen LogP contribution in [0, 0.1) is 5.92 Å². The molecule has 1 heterocycles. The van der Waals surface area contributed by atoms with Gasteiger partial charge in [-0.15, -0.1) is 0 Å². The van der Waals surface area contributed by atoms with Crippen molar-refractivity contribution in [2.45, 2.75) is 13.8 Å². The van der Waals surface area contributed by atoms with Crippen LogP contribution in [0.2, 0.25) is 0 Å². The lowest BCUT2D eigenvalue weighted by Crippen LogP contribution is -2.23. The van der Waals surface area contributed by atoms with Gasteiger partial charge in [0.25, 0.3) is 0 Å². The van der Waals surface area contributed by atoms with Gasteiger partial charge in [0.1, 0.15) is 5.82 Å². The van der Waals surface area contributed by atoms with Gasteiger partial charge in [-0.2, -0.15) is 0 Å². The molecule has 0 unspecified atom stereocenters. The van der Waals surface area contributed by atoms with Crippen LogP contribution in [0.1, 0.15) is 13.8 Å². The van der Waals surface area contributed by atoms with Gasteiger partial charge in [0.05, 0.1) is 22.9 Å². The molecule has 11 heavy (non-hydrogen) atoms. The molecule has 0 saturated carbocycles. The SMILES string of the molecule is C=C1N(I)CCN1CC(C)C. The summed E-state index contributed by atoms with van der Waals surface area (Å²) in [6.07, 6.45) is 0. The number of nitrogens with zero attached hydrogens (tertiary/aromatic N) is 2. The highest BCUT2D eigenvalue weighted by atomic mass is 127. The highest BCUT2D eigenvalue weighted by molar-refractivity contribution is 14.1. The molecule has 0 atom stereocenters. The van der Waals surface area contributed by atoms with Crippen LogP contribution in [0.3, 0.4) is 0 Å². The topological polar surface area (TPSA) is 6.48 Å². The van der Waals surface area contributed by atoms with Gasteiger partial charge in [-0.3, -0.25) is 3.11 Å². The van der Waals surface area contributed by atoms with E-state index in [1.54, 1.807) is 0 Å². The summed E-state index contributed by atoms with van der Waals surface area (Å²) >= 11 is 2.31. The molecule has 1 aliphatic rings. The summed E-state index contributed by atoms with van der Waals surface area (Å²) in [5, 5.41) is 0. The average molecular weight is 266 g/mol. The number of hydrogen-bond acceptors (Lipinski definition) is 2. The Balaban J connectivity index is 2.42. The quantitative estimate of drug-likeness (QED) is 0.557. The maximum absolute atomic E-state index is 4.01. The largest absolute Gasteiger partial charge is 0.356 e. The van der Waals surface area contributed by atoms with E-state index in [9.17, 15) is 0 Å². The van der Waals surface area contributed by atoms with Crippen LogP contribution >= 0.6 is 22.9 Å². The first kappa shape index (κ1) is 9.16. The molecule has 0 aliphatic carbocycles. The van der Waals surface area contributed by atoms with Crippen molar-refractivity contribution in [1.29, 1.82) is 0 Å². The van der Waals surface area contributed by atoms with Gasteiger partial charge in [0, 0.05) is 19.6 Å². The number of hydrogen-bond donors (Lipinski definition) is 0. The average Bonchev–Trinajstić information content (AvgIpc) is 2.18. The Morgan fingerprint density at radius 3 is 2.55 bits per heavy atom. The van der Waals surface area contributed by atoms with Crippen LogP contribution in [0.5, 0.6) is 0 Å². The molecule has 0 aromatic carbocycles. The summed E-state index contributed by atoms with van der Waals surface area (Å²) in [6.45, 7) is 11.9. The van der Waals surface area contributed by atoms with E-state index in [2.05, 4.69) is 51.3 Å². The maximum atomic E-state index is 4.01. The molecule has 0 spiro atoms. The monoisotopic (exact) mass is 266 g/mol. The van der Waals surface area contributed by atoms with E-state index >= 15 is 0 Å². The first-order valence-corrected chi connectivity index (χ1v) is 4.95. The van der Waals surface area contributed by atoms with Crippen LogP contribution < -0.4 is 0 Å². The minimum Gasteiger partial charge on any atom is -0.356 e. The summed E-state index contributed by atoms with van der Waals surface area (Å²) in [5.41, 5.74) is 0. The normalized spacial score (nSPS) is 18.7. The molecule has 64 valence electrons. The minimum absolute atomic E-state index is 0.731. The van der Waals surface area contributed by atoms with Crippen molar-refractivity contribution >= 4 is 22.9 Å². The van der Waals surface area contributed by atoms with E-state index in [0.717, 1.165) is 25.6 Å². The molecule has 0 aromatic heterocycles. The second-order valence-electron chi connectivity index (χ2n) is 3.34. The van der Waals surface area contributed by atoms with Gasteiger partial charge in [-0.1, -0.05) is 20.4 Å². The Kier molecular flexibility index (Phi) is 3.04. The minimum atomic E-state index is 0.731. The van der Waals surface area contributed by atoms with Crippen molar-refractivity contribution in [2.75, 3.05) is 19.6 Å². The molecule has 1 aliphatic heterocycles. The smallest absolute Gasteiger partial charge is 0.105 e. The molecule has 1 fully saturated rings. The van der Waals surface area contributed by atoms with Crippen LogP contribution in [0.25, 0.3) is 0 Å². The van der Waals surface area contributed by atoms with Gasteiger partial charge >= 0.3 is 0 Å².